The number of carbonyl (C=O) groups is 2. The Bertz CT molecular complexity index is 1020. The molecular formula is C17H14F5N5O3. The Morgan fingerprint density at radius 2 is 2.07 bits per heavy atom. The van der Waals surface area contributed by atoms with Gasteiger partial charge in [-0.05, 0) is 12.8 Å². The first kappa shape index (κ1) is 20.0. The van der Waals surface area contributed by atoms with Gasteiger partial charge in [0.1, 0.15) is 41.8 Å². The maximum absolute atomic E-state index is 13.9. The third-order valence-electron chi connectivity index (χ3n) is 4.75. The number of aryl methyl sites for hydroxylation is 1. The summed E-state index contributed by atoms with van der Waals surface area (Å²) in [5.74, 6) is -4.62. The number of anilines is 1. The van der Waals surface area contributed by atoms with E-state index in [1.165, 1.54) is 0 Å². The average molecular weight is 431 g/mol. The summed E-state index contributed by atoms with van der Waals surface area (Å²) in [5, 5.41) is 8.10. The summed E-state index contributed by atoms with van der Waals surface area (Å²) >= 11 is 0. The van der Waals surface area contributed by atoms with Gasteiger partial charge in [-0.1, -0.05) is 0 Å². The molecule has 0 saturated heterocycles. The fourth-order valence-corrected chi connectivity index (χ4v) is 3.32. The highest BCUT2D eigenvalue weighted by atomic mass is 19.4. The van der Waals surface area contributed by atoms with Gasteiger partial charge >= 0.3 is 6.18 Å². The maximum atomic E-state index is 13.9. The van der Waals surface area contributed by atoms with Crippen LogP contribution in [0.2, 0.25) is 0 Å². The summed E-state index contributed by atoms with van der Waals surface area (Å²) in [7, 11) is 0. The smallest absolute Gasteiger partial charge is 0.410 e. The highest BCUT2D eigenvalue weighted by Gasteiger charge is 2.44. The van der Waals surface area contributed by atoms with Crippen molar-refractivity contribution in [2.75, 3.05) is 11.9 Å². The SMILES string of the molecule is O=C(N[C@H]1COc2cc(F)cc(F)c2NC1=O)c1nc2n(n1)[C@H](C(F)(F)F)CCC2. The molecule has 0 saturated carbocycles. The number of nitrogens with one attached hydrogen (secondary N) is 2. The Morgan fingerprint density at radius 1 is 1.30 bits per heavy atom. The van der Waals surface area contributed by atoms with Gasteiger partial charge in [0.15, 0.2) is 5.82 Å². The minimum Gasteiger partial charge on any atom is -0.488 e. The lowest BCUT2D eigenvalue weighted by Crippen LogP contribution is -2.46. The zero-order valence-corrected chi connectivity index (χ0v) is 15.1. The first-order valence-corrected chi connectivity index (χ1v) is 8.89. The van der Waals surface area contributed by atoms with Crippen molar-refractivity contribution in [3.63, 3.8) is 0 Å². The number of nitrogens with zero attached hydrogens (tertiary/aromatic N) is 3. The lowest BCUT2D eigenvalue weighted by atomic mass is 10.1. The van der Waals surface area contributed by atoms with Gasteiger partial charge in [-0.15, -0.1) is 5.10 Å². The molecule has 2 aliphatic rings. The molecule has 160 valence electrons. The molecule has 2 amide bonds. The Labute approximate surface area is 165 Å². The van der Waals surface area contributed by atoms with E-state index in [4.69, 9.17) is 4.74 Å². The fraction of sp³-hybridized carbons (Fsp3) is 0.412. The highest BCUT2D eigenvalue weighted by molar-refractivity contribution is 6.01. The topological polar surface area (TPSA) is 98.1 Å². The van der Waals surface area contributed by atoms with E-state index in [1.54, 1.807) is 0 Å². The highest BCUT2D eigenvalue weighted by Crippen LogP contribution is 2.37. The van der Waals surface area contributed by atoms with E-state index in [9.17, 15) is 31.5 Å². The number of benzene rings is 1. The summed E-state index contributed by atoms with van der Waals surface area (Å²) < 4.78 is 72.6. The molecule has 8 nitrogen and oxygen atoms in total. The molecule has 13 heteroatoms. The third kappa shape index (κ3) is 3.66. The first-order chi connectivity index (χ1) is 14.1. The number of alkyl halides is 3. The summed E-state index contributed by atoms with van der Waals surface area (Å²) in [4.78, 5) is 28.6. The molecule has 1 aromatic carbocycles. The Morgan fingerprint density at radius 3 is 2.80 bits per heavy atom. The number of ether oxygens (including phenoxy) is 1. The van der Waals surface area contributed by atoms with E-state index in [2.05, 4.69) is 20.7 Å². The van der Waals surface area contributed by atoms with E-state index >= 15 is 0 Å². The second-order valence-corrected chi connectivity index (χ2v) is 6.83. The van der Waals surface area contributed by atoms with E-state index in [-0.39, 0.29) is 36.5 Å². The molecule has 30 heavy (non-hydrogen) atoms. The van der Waals surface area contributed by atoms with E-state index in [1.807, 2.05) is 0 Å². The van der Waals surface area contributed by atoms with Gasteiger partial charge in [0, 0.05) is 18.6 Å². The number of aromatic nitrogens is 3. The van der Waals surface area contributed by atoms with Crippen molar-refractivity contribution in [3.8, 4) is 5.75 Å². The predicted molar refractivity (Wildman–Crippen MR) is 89.8 cm³/mol. The summed E-state index contributed by atoms with van der Waals surface area (Å²) in [5.41, 5.74) is -0.387. The molecule has 0 spiro atoms. The first-order valence-electron chi connectivity index (χ1n) is 8.89. The van der Waals surface area contributed by atoms with Crippen LogP contribution >= 0.6 is 0 Å². The van der Waals surface area contributed by atoms with Crippen LogP contribution in [0.5, 0.6) is 5.75 Å². The summed E-state index contributed by atoms with van der Waals surface area (Å²) in [6.45, 7) is -0.466. The summed E-state index contributed by atoms with van der Waals surface area (Å²) in [6, 6.07) is -1.80. The quantitative estimate of drug-likeness (QED) is 0.710. The van der Waals surface area contributed by atoms with Crippen molar-refractivity contribution >= 4 is 17.5 Å². The molecule has 1 aromatic heterocycles. The lowest BCUT2D eigenvalue weighted by molar-refractivity contribution is -0.174. The fourth-order valence-electron chi connectivity index (χ4n) is 3.32. The molecule has 4 rings (SSSR count). The van der Waals surface area contributed by atoms with Crippen LogP contribution in [0.1, 0.15) is 35.3 Å². The number of hydrogen-bond acceptors (Lipinski definition) is 5. The standard InChI is InChI=1S/C17H14F5N5O3/c18-7-4-8(19)13-10(5-7)30-6-9(15(28)25-13)23-16(29)14-24-12-3-1-2-11(17(20,21)22)27(12)26-14/h4-5,9,11H,1-3,6H2,(H,23,29)(H,25,28)/t9-,11-/m0/s1. The molecule has 2 aromatic rings. The van der Waals surface area contributed by atoms with E-state index < -0.39 is 54.1 Å². The second-order valence-electron chi connectivity index (χ2n) is 6.83. The predicted octanol–water partition coefficient (Wildman–Crippen LogP) is 2.13. The number of hydrogen-bond donors (Lipinski definition) is 2. The number of carbonyl (C=O) groups excluding carboxylic acids is 2. The third-order valence-corrected chi connectivity index (χ3v) is 4.75. The second kappa shape index (κ2) is 7.22. The van der Waals surface area contributed by atoms with Crippen molar-refractivity contribution in [3.05, 3.63) is 35.4 Å². The van der Waals surface area contributed by atoms with Gasteiger partial charge in [-0.25, -0.2) is 18.4 Å². The lowest BCUT2D eigenvalue weighted by Gasteiger charge is -2.25. The van der Waals surface area contributed by atoms with Crippen molar-refractivity contribution in [1.29, 1.82) is 0 Å². The van der Waals surface area contributed by atoms with Gasteiger partial charge in [-0.2, -0.15) is 13.2 Å². The molecule has 2 N–H and O–H groups in total. The van der Waals surface area contributed by atoms with Crippen LogP contribution in [0.15, 0.2) is 12.1 Å². The molecule has 0 fully saturated rings. The molecule has 3 heterocycles. The van der Waals surface area contributed by atoms with Crippen molar-refractivity contribution in [1.82, 2.24) is 20.1 Å². The van der Waals surface area contributed by atoms with Crippen LogP contribution in [0.3, 0.4) is 0 Å². The molecule has 0 aliphatic carbocycles. The number of rotatable bonds is 2. The summed E-state index contributed by atoms with van der Waals surface area (Å²) in [6.07, 6.45) is -4.26. The Balaban J connectivity index is 1.52. The number of halogens is 5. The van der Waals surface area contributed by atoms with Gasteiger partial charge in [-0.3, -0.25) is 9.59 Å². The molecule has 0 radical (unpaired) electrons. The van der Waals surface area contributed by atoms with Gasteiger partial charge < -0.3 is 15.4 Å². The number of amides is 2. The van der Waals surface area contributed by atoms with Gasteiger partial charge in [0.2, 0.25) is 5.82 Å². The van der Waals surface area contributed by atoms with Crippen LogP contribution in [0.4, 0.5) is 27.6 Å². The largest absolute Gasteiger partial charge is 0.488 e. The van der Waals surface area contributed by atoms with Crippen molar-refractivity contribution < 1.29 is 36.3 Å². The monoisotopic (exact) mass is 431 g/mol. The molecule has 2 aliphatic heterocycles. The minimum atomic E-state index is -4.54. The van der Waals surface area contributed by atoms with E-state index in [0.717, 1.165) is 6.07 Å². The zero-order chi connectivity index (χ0) is 21.6. The molecule has 0 unspecified atom stereocenters. The van der Waals surface area contributed by atoms with Crippen molar-refractivity contribution in [2.45, 2.75) is 37.5 Å². The molecular weight excluding hydrogens is 417 g/mol. The average Bonchev–Trinajstić information content (AvgIpc) is 3.04. The Kier molecular flexibility index (Phi) is 4.82. The Hall–Kier alpha value is -3.25. The zero-order valence-electron chi connectivity index (χ0n) is 15.1. The molecule has 0 bridgehead atoms. The maximum Gasteiger partial charge on any atom is 0.410 e. The van der Waals surface area contributed by atoms with Gasteiger partial charge in [0.05, 0.1) is 0 Å². The van der Waals surface area contributed by atoms with Gasteiger partial charge in [0.25, 0.3) is 11.8 Å². The van der Waals surface area contributed by atoms with Crippen molar-refractivity contribution in [2.24, 2.45) is 0 Å². The van der Waals surface area contributed by atoms with Crippen LogP contribution in [-0.2, 0) is 11.2 Å². The minimum absolute atomic E-state index is 0.0141. The number of fused-ring (bicyclic) bond motifs is 2. The van der Waals surface area contributed by atoms with E-state index in [0.29, 0.717) is 10.7 Å². The normalized spacial score (nSPS) is 21.0. The van der Waals surface area contributed by atoms with Crippen LogP contribution in [0.25, 0.3) is 0 Å². The molecule has 2 atom stereocenters. The van der Waals surface area contributed by atoms with Crippen LogP contribution in [-0.4, -0.2) is 45.4 Å². The van der Waals surface area contributed by atoms with Crippen LogP contribution in [0, 0.1) is 11.6 Å². The van der Waals surface area contributed by atoms with Crippen LogP contribution < -0.4 is 15.4 Å².